The maximum atomic E-state index is 11.8. The van der Waals surface area contributed by atoms with Crippen LogP contribution in [0.4, 0.5) is 0 Å². The summed E-state index contributed by atoms with van der Waals surface area (Å²) in [4.78, 5) is 3.70. The minimum atomic E-state index is -2.27. The molecule has 1 aliphatic rings. The van der Waals surface area contributed by atoms with Crippen molar-refractivity contribution in [2.45, 2.75) is 83.1 Å². The maximum absolute atomic E-state index is 11.8. The molecular weight excluding hydrogens is 544 g/mol. The van der Waals surface area contributed by atoms with Crippen LogP contribution in [0.1, 0.15) is 37.5 Å². The summed E-state index contributed by atoms with van der Waals surface area (Å²) in [6.07, 6.45) is -2.60. The molecule has 0 saturated carbocycles. The molecule has 1 heterocycles. The molecular formula is C34H43N2O5Si+. The molecule has 0 unspecified atom stereocenters. The lowest BCUT2D eigenvalue weighted by Crippen LogP contribution is -2.41. The molecule has 0 amide bonds. The van der Waals surface area contributed by atoms with Gasteiger partial charge in [-0.15, -0.1) is 0 Å². The van der Waals surface area contributed by atoms with Gasteiger partial charge in [-0.05, 0) is 34.8 Å². The average molecular weight is 588 g/mol. The number of aliphatic hydroxyl groups excluding tert-OH is 1. The van der Waals surface area contributed by atoms with E-state index in [1.165, 1.54) is 0 Å². The second kappa shape index (κ2) is 15.8. The Morgan fingerprint density at radius 3 is 1.64 bits per heavy atom. The van der Waals surface area contributed by atoms with Crippen LogP contribution in [0.2, 0.25) is 18.1 Å². The molecule has 42 heavy (non-hydrogen) atoms. The standard InChI is InChI=1S/C34H42N2O5Si/c1-4-42(5-2,6-3)34(36-35)30(37)32-33(40-24-28-20-14-9-15-21-28)31(39-23-27-18-12-8-13-19-27)29(41-32)25-38-22-26-16-10-7-11-17-26/h7-21,29,31-33H,4-6,22-25H2,1-3H3/p+1/b34-30-/t29-,31-,32+,33-/m1/s1. The number of benzene rings is 3. The van der Waals surface area contributed by atoms with E-state index < -0.39 is 32.5 Å². The summed E-state index contributed by atoms with van der Waals surface area (Å²) in [5.41, 5.74) is 3.07. The van der Waals surface area contributed by atoms with Crippen molar-refractivity contribution in [1.82, 2.24) is 0 Å². The van der Waals surface area contributed by atoms with E-state index in [1.807, 2.05) is 91.0 Å². The molecule has 4 rings (SSSR count). The first-order valence-corrected chi connectivity index (χ1v) is 17.5. The topological polar surface area (TPSA) is 85.3 Å². The minimum absolute atomic E-state index is 0.0633. The molecule has 0 bridgehead atoms. The third-order valence-corrected chi connectivity index (χ3v) is 13.8. The highest BCUT2D eigenvalue weighted by Crippen LogP contribution is 2.38. The van der Waals surface area contributed by atoms with Crippen molar-refractivity contribution < 1.29 is 24.1 Å². The van der Waals surface area contributed by atoms with Gasteiger partial charge in [0.1, 0.15) is 18.3 Å². The molecule has 4 atom stereocenters. The van der Waals surface area contributed by atoms with Gasteiger partial charge < -0.3 is 24.1 Å². The van der Waals surface area contributed by atoms with E-state index in [4.69, 9.17) is 18.9 Å². The quantitative estimate of drug-likeness (QED) is 0.111. The van der Waals surface area contributed by atoms with Crippen LogP contribution in [-0.2, 0) is 38.8 Å². The molecule has 222 valence electrons. The first-order valence-electron chi connectivity index (χ1n) is 14.9. The van der Waals surface area contributed by atoms with Crippen molar-refractivity contribution in [3.05, 3.63) is 124 Å². The van der Waals surface area contributed by atoms with Gasteiger partial charge in [0, 0.05) is 0 Å². The molecule has 1 fully saturated rings. The molecule has 3 aromatic carbocycles. The number of ether oxygens (including phenoxy) is 4. The van der Waals surface area contributed by atoms with Gasteiger partial charge in [0.2, 0.25) is 19.2 Å². The third kappa shape index (κ3) is 7.74. The van der Waals surface area contributed by atoms with Crippen molar-refractivity contribution in [2.24, 2.45) is 0 Å². The number of hydrogen-bond donors (Lipinski definition) is 1. The fourth-order valence-corrected chi connectivity index (χ4v) is 9.08. The summed E-state index contributed by atoms with van der Waals surface area (Å²) in [5.74, 6) is -0.0633. The lowest BCUT2D eigenvalue weighted by atomic mass is 10.1. The minimum Gasteiger partial charge on any atom is -0.504 e. The number of nitrogens with zero attached hydrogens (tertiary/aromatic N) is 2. The smallest absolute Gasteiger partial charge is 0.365 e. The monoisotopic (exact) mass is 587 g/mol. The predicted molar refractivity (Wildman–Crippen MR) is 167 cm³/mol. The van der Waals surface area contributed by atoms with Crippen LogP contribution < -0.4 is 0 Å². The largest absolute Gasteiger partial charge is 0.504 e. The Kier molecular flexibility index (Phi) is 11.9. The molecule has 1 saturated heterocycles. The highest BCUT2D eigenvalue weighted by atomic mass is 28.3. The van der Waals surface area contributed by atoms with E-state index in [1.54, 1.807) is 0 Å². The van der Waals surface area contributed by atoms with Crippen molar-refractivity contribution in [1.29, 1.82) is 5.39 Å². The Bertz CT molecular complexity index is 1290. The summed E-state index contributed by atoms with van der Waals surface area (Å²) in [5, 5.41) is 22.4. The molecule has 0 radical (unpaired) electrons. The Balaban J connectivity index is 1.67. The Morgan fingerprint density at radius 2 is 1.19 bits per heavy atom. The lowest BCUT2D eigenvalue weighted by molar-refractivity contribution is -0.0898. The fourth-order valence-electron chi connectivity index (χ4n) is 5.68. The van der Waals surface area contributed by atoms with Gasteiger partial charge in [-0.2, -0.15) is 0 Å². The summed E-state index contributed by atoms with van der Waals surface area (Å²) in [7, 11) is -2.27. The molecule has 7 nitrogen and oxygen atoms in total. The normalized spacial score (nSPS) is 21.1. The van der Waals surface area contributed by atoms with Crippen molar-refractivity contribution >= 4 is 8.07 Å². The van der Waals surface area contributed by atoms with Crippen molar-refractivity contribution in [2.75, 3.05) is 6.61 Å². The van der Waals surface area contributed by atoms with Crippen LogP contribution in [0.3, 0.4) is 0 Å². The van der Waals surface area contributed by atoms with Crippen LogP contribution >= 0.6 is 0 Å². The van der Waals surface area contributed by atoms with Crippen LogP contribution in [0.25, 0.3) is 4.98 Å². The van der Waals surface area contributed by atoms with E-state index in [9.17, 15) is 10.5 Å². The van der Waals surface area contributed by atoms with E-state index in [0.717, 1.165) is 34.8 Å². The zero-order valence-electron chi connectivity index (χ0n) is 24.9. The van der Waals surface area contributed by atoms with E-state index in [2.05, 4.69) is 25.7 Å². The summed E-state index contributed by atoms with van der Waals surface area (Å²) in [6.45, 7) is 7.62. The third-order valence-electron chi connectivity index (χ3n) is 8.42. The number of rotatable bonds is 15. The second-order valence-electron chi connectivity index (χ2n) is 10.8. The van der Waals surface area contributed by atoms with Gasteiger partial charge in [0.25, 0.3) is 0 Å². The predicted octanol–water partition coefficient (Wildman–Crippen LogP) is 7.81. The van der Waals surface area contributed by atoms with Gasteiger partial charge in [0.05, 0.1) is 26.4 Å². The first-order chi connectivity index (χ1) is 20.5. The van der Waals surface area contributed by atoms with Crippen LogP contribution in [-0.4, -0.2) is 44.2 Å². The molecule has 0 spiro atoms. The first kappa shape index (κ1) is 31.6. The van der Waals surface area contributed by atoms with Crippen LogP contribution in [0.15, 0.2) is 102 Å². The van der Waals surface area contributed by atoms with Gasteiger partial charge in [0.15, 0.2) is 11.1 Å². The van der Waals surface area contributed by atoms with Gasteiger partial charge in [-0.3, -0.25) is 0 Å². The SMILES string of the molecule is CC[Si](CC)(CC)/C([N+]#N)=C(\O)[C@@H]1O[C@H](COCc2ccccc2)[C@@H](OCc2ccccc2)[C@H]1OCc1ccccc1. The molecule has 8 heteroatoms. The zero-order chi connectivity index (χ0) is 29.8. The fraction of sp³-hybridized carbons (Fsp3) is 0.412. The zero-order valence-corrected chi connectivity index (χ0v) is 25.9. The van der Waals surface area contributed by atoms with Gasteiger partial charge in [-0.1, -0.05) is 112 Å². The van der Waals surface area contributed by atoms with Gasteiger partial charge >= 0.3 is 5.32 Å². The Labute approximate surface area is 250 Å². The Hall–Kier alpha value is -3.32. The average Bonchev–Trinajstić information content (AvgIpc) is 3.39. The summed E-state index contributed by atoms with van der Waals surface area (Å²) >= 11 is 0. The van der Waals surface area contributed by atoms with Crippen LogP contribution in [0.5, 0.6) is 0 Å². The van der Waals surface area contributed by atoms with Crippen molar-refractivity contribution in [3.63, 3.8) is 0 Å². The molecule has 0 aliphatic carbocycles. The summed E-state index contributed by atoms with van der Waals surface area (Å²) < 4.78 is 25.7. The number of hydrogen-bond acceptors (Lipinski definition) is 6. The number of aliphatic hydroxyl groups is 1. The second-order valence-corrected chi connectivity index (χ2v) is 15.9. The molecule has 1 aliphatic heterocycles. The van der Waals surface area contributed by atoms with E-state index >= 15 is 0 Å². The highest BCUT2D eigenvalue weighted by Gasteiger charge is 2.54. The van der Waals surface area contributed by atoms with Crippen LogP contribution in [0, 0.1) is 5.39 Å². The van der Waals surface area contributed by atoms with E-state index in [0.29, 0.717) is 25.1 Å². The van der Waals surface area contributed by atoms with Crippen molar-refractivity contribution in [3.8, 4) is 0 Å². The van der Waals surface area contributed by atoms with E-state index in [-0.39, 0.29) is 12.4 Å². The summed E-state index contributed by atoms with van der Waals surface area (Å²) in [6, 6.07) is 32.3. The van der Waals surface area contributed by atoms with Gasteiger partial charge in [-0.25, -0.2) is 0 Å². The Morgan fingerprint density at radius 1 is 0.738 bits per heavy atom. The molecule has 0 aromatic heterocycles. The molecule has 3 aromatic rings. The number of diazo groups is 1. The highest BCUT2D eigenvalue weighted by molar-refractivity contribution is 6.86. The lowest BCUT2D eigenvalue weighted by Gasteiger charge is -2.26. The maximum Gasteiger partial charge on any atom is 0.365 e. The molecule has 1 N–H and O–H groups in total.